The van der Waals surface area contributed by atoms with Crippen molar-refractivity contribution in [2.45, 2.75) is 32.1 Å². The number of hydrogen-bond acceptors (Lipinski definition) is 1. The van der Waals surface area contributed by atoms with E-state index in [4.69, 9.17) is 11.6 Å². The molecule has 1 N–H and O–H groups in total. The van der Waals surface area contributed by atoms with Gasteiger partial charge in [-0.25, -0.2) is 0 Å². The van der Waals surface area contributed by atoms with E-state index in [1.807, 2.05) is 39.0 Å². The van der Waals surface area contributed by atoms with Gasteiger partial charge in [0.1, 0.15) is 0 Å². The number of amides is 1. The molecule has 2 nitrogen and oxygen atoms in total. The first kappa shape index (κ1) is 11.3. The molecule has 1 atom stereocenters. The van der Waals surface area contributed by atoms with Gasteiger partial charge in [-0.15, -0.1) is 11.6 Å². The number of carbonyl (C=O) groups excluding carboxylic acids is 1. The lowest BCUT2D eigenvalue weighted by atomic mass is 9.99. The molecule has 1 amide bonds. The van der Waals surface area contributed by atoms with Crippen LogP contribution in [-0.2, 0) is 4.79 Å². The van der Waals surface area contributed by atoms with Crippen molar-refractivity contribution >= 4 is 17.5 Å². The number of rotatable bonds is 2. The molecule has 0 bridgehead atoms. The van der Waals surface area contributed by atoms with E-state index in [-0.39, 0.29) is 16.7 Å². The van der Waals surface area contributed by atoms with Crippen LogP contribution in [0.5, 0.6) is 0 Å². The van der Waals surface area contributed by atoms with Gasteiger partial charge in [-0.05, 0) is 13.0 Å². The zero-order valence-electron chi connectivity index (χ0n) is 8.80. The molecule has 78 valence electrons. The molecular formula is C11H16ClNO. The van der Waals surface area contributed by atoms with Crippen LogP contribution in [0.3, 0.4) is 0 Å². The molecule has 1 unspecified atom stereocenters. The molecule has 0 aromatic carbocycles. The van der Waals surface area contributed by atoms with Crippen LogP contribution >= 0.6 is 11.6 Å². The minimum absolute atomic E-state index is 0.00314. The van der Waals surface area contributed by atoms with Crippen LogP contribution in [0.2, 0.25) is 0 Å². The molecule has 0 fully saturated rings. The molecule has 0 radical (unpaired) electrons. The van der Waals surface area contributed by atoms with Gasteiger partial charge in [0.25, 0.3) is 0 Å². The Kier molecular flexibility index (Phi) is 3.38. The van der Waals surface area contributed by atoms with Gasteiger partial charge in [0.05, 0.1) is 4.87 Å². The van der Waals surface area contributed by atoms with Gasteiger partial charge in [-0.1, -0.05) is 26.0 Å². The van der Waals surface area contributed by atoms with E-state index in [2.05, 4.69) is 5.32 Å². The van der Waals surface area contributed by atoms with Crippen molar-refractivity contribution in [3.63, 3.8) is 0 Å². The minimum atomic E-state index is -0.367. The summed E-state index contributed by atoms with van der Waals surface area (Å²) in [7, 11) is 0. The standard InChI is InChI=1S/C11H16ClNO/c1-8(2)10(14)13-9-5-4-6-11(3,12)7-9/h4-6,8H,7H2,1-3H3,(H,13,14). The number of hydrogen-bond donors (Lipinski definition) is 1. The van der Waals surface area contributed by atoms with Gasteiger partial charge in [-0.3, -0.25) is 4.79 Å². The first-order chi connectivity index (χ1) is 6.41. The SMILES string of the molecule is CC(C)C(=O)NC1=CC=CC(C)(Cl)C1. The predicted octanol–water partition coefficient (Wildman–Crippen LogP) is 2.60. The second-order valence-electron chi connectivity index (χ2n) is 4.15. The quantitative estimate of drug-likeness (QED) is 0.702. The molecule has 3 heteroatoms. The lowest BCUT2D eigenvalue weighted by Crippen LogP contribution is -2.31. The van der Waals surface area contributed by atoms with E-state index in [9.17, 15) is 4.79 Å². The van der Waals surface area contributed by atoms with Crippen LogP contribution in [0, 0.1) is 5.92 Å². The molecule has 1 rings (SSSR count). The van der Waals surface area contributed by atoms with Gasteiger partial charge in [0.15, 0.2) is 0 Å². The van der Waals surface area contributed by atoms with Crippen LogP contribution in [0.1, 0.15) is 27.2 Å². The zero-order valence-corrected chi connectivity index (χ0v) is 9.56. The highest BCUT2D eigenvalue weighted by molar-refractivity contribution is 6.25. The summed E-state index contributed by atoms with van der Waals surface area (Å²) in [5, 5.41) is 2.86. The molecule has 0 aliphatic heterocycles. The molecule has 1 aliphatic rings. The number of alkyl halides is 1. The average Bonchev–Trinajstić information content (AvgIpc) is 2.01. The maximum Gasteiger partial charge on any atom is 0.226 e. The van der Waals surface area contributed by atoms with Crippen LogP contribution in [-0.4, -0.2) is 10.8 Å². The van der Waals surface area contributed by atoms with Gasteiger partial charge < -0.3 is 5.32 Å². The monoisotopic (exact) mass is 213 g/mol. The Morgan fingerprint density at radius 1 is 1.64 bits per heavy atom. The van der Waals surface area contributed by atoms with Gasteiger partial charge >= 0.3 is 0 Å². The van der Waals surface area contributed by atoms with Gasteiger partial charge in [0.2, 0.25) is 5.91 Å². The highest BCUT2D eigenvalue weighted by Gasteiger charge is 2.22. The maximum atomic E-state index is 11.4. The average molecular weight is 214 g/mol. The summed E-state index contributed by atoms with van der Waals surface area (Å²) in [6.07, 6.45) is 6.37. The molecule has 0 spiro atoms. The highest BCUT2D eigenvalue weighted by Crippen LogP contribution is 2.27. The van der Waals surface area contributed by atoms with Crippen molar-refractivity contribution in [3.8, 4) is 0 Å². The number of allylic oxidation sites excluding steroid dienone is 4. The van der Waals surface area contributed by atoms with Crippen molar-refractivity contribution in [3.05, 3.63) is 23.9 Å². The summed E-state index contributed by atoms with van der Waals surface area (Å²) in [4.78, 5) is 11.0. The van der Waals surface area contributed by atoms with Crippen molar-refractivity contribution in [1.29, 1.82) is 0 Å². The second kappa shape index (κ2) is 4.18. The van der Waals surface area contributed by atoms with E-state index in [0.717, 1.165) is 5.70 Å². The normalized spacial score (nSPS) is 26.2. The van der Waals surface area contributed by atoms with Crippen LogP contribution < -0.4 is 5.32 Å². The van der Waals surface area contributed by atoms with E-state index in [1.54, 1.807) is 0 Å². The first-order valence-electron chi connectivity index (χ1n) is 4.79. The molecule has 1 aliphatic carbocycles. The molecule has 0 saturated carbocycles. The third-order valence-corrected chi connectivity index (χ3v) is 2.35. The summed E-state index contributed by atoms with van der Waals surface area (Å²) in [6, 6.07) is 0. The zero-order chi connectivity index (χ0) is 10.8. The lowest BCUT2D eigenvalue weighted by molar-refractivity contribution is -0.123. The molecule has 14 heavy (non-hydrogen) atoms. The van der Waals surface area contributed by atoms with Crippen molar-refractivity contribution in [2.24, 2.45) is 5.92 Å². The highest BCUT2D eigenvalue weighted by atomic mass is 35.5. The molecule has 0 heterocycles. The van der Waals surface area contributed by atoms with Crippen LogP contribution in [0.25, 0.3) is 0 Å². The fourth-order valence-electron chi connectivity index (χ4n) is 1.24. The Bertz CT molecular complexity index is 290. The van der Waals surface area contributed by atoms with E-state index in [1.165, 1.54) is 0 Å². The van der Waals surface area contributed by atoms with Crippen LogP contribution in [0.15, 0.2) is 23.9 Å². The van der Waals surface area contributed by atoms with E-state index in [0.29, 0.717) is 6.42 Å². The van der Waals surface area contributed by atoms with Gasteiger partial charge in [0, 0.05) is 18.0 Å². The van der Waals surface area contributed by atoms with Crippen molar-refractivity contribution < 1.29 is 4.79 Å². The third-order valence-electron chi connectivity index (χ3n) is 2.09. The van der Waals surface area contributed by atoms with E-state index >= 15 is 0 Å². The fourth-order valence-corrected chi connectivity index (χ4v) is 1.46. The molecular weight excluding hydrogens is 198 g/mol. The maximum absolute atomic E-state index is 11.4. The Hall–Kier alpha value is -0.760. The van der Waals surface area contributed by atoms with Crippen molar-refractivity contribution in [2.75, 3.05) is 0 Å². The molecule has 0 aromatic heterocycles. The largest absolute Gasteiger partial charge is 0.329 e. The fraction of sp³-hybridized carbons (Fsp3) is 0.545. The Balaban J connectivity index is 2.59. The van der Waals surface area contributed by atoms with E-state index < -0.39 is 0 Å². The van der Waals surface area contributed by atoms with Crippen LogP contribution in [0.4, 0.5) is 0 Å². The summed E-state index contributed by atoms with van der Waals surface area (Å²) in [6.45, 7) is 5.67. The number of halogens is 1. The number of nitrogens with one attached hydrogen (secondary N) is 1. The third kappa shape index (κ3) is 3.18. The molecule has 0 aromatic rings. The predicted molar refractivity (Wildman–Crippen MR) is 59.1 cm³/mol. The molecule has 0 saturated heterocycles. The Labute approximate surface area is 90.0 Å². The smallest absolute Gasteiger partial charge is 0.226 e. The summed E-state index contributed by atoms with van der Waals surface area (Å²) in [5.41, 5.74) is 0.892. The van der Waals surface area contributed by atoms with Gasteiger partial charge in [-0.2, -0.15) is 0 Å². The first-order valence-corrected chi connectivity index (χ1v) is 5.17. The van der Waals surface area contributed by atoms with Crippen molar-refractivity contribution in [1.82, 2.24) is 5.32 Å². The Morgan fingerprint density at radius 2 is 2.29 bits per heavy atom. The Morgan fingerprint density at radius 3 is 2.79 bits per heavy atom. The summed E-state index contributed by atoms with van der Waals surface area (Å²) >= 11 is 6.15. The summed E-state index contributed by atoms with van der Waals surface area (Å²) < 4.78 is 0. The summed E-state index contributed by atoms with van der Waals surface area (Å²) in [5.74, 6) is 0.0439. The minimum Gasteiger partial charge on any atom is -0.329 e. The lowest BCUT2D eigenvalue weighted by Gasteiger charge is -2.23. The second-order valence-corrected chi connectivity index (χ2v) is 5.01. The number of carbonyl (C=O) groups is 1. The topological polar surface area (TPSA) is 29.1 Å².